The summed E-state index contributed by atoms with van der Waals surface area (Å²) in [5.74, 6) is 0.0530. The van der Waals surface area contributed by atoms with Crippen molar-refractivity contribution in [1.82, 2.24) is 9.88 Å². The van der Waals surface area contributed by atoms with Gasteiger partial charge in [0.1, 0.15) is 17.1 Å². The number of anilines is 2. The molecule has 2 rings (SSSR count). The van der Waals surface area contributed by atoms with E-state index in [1.165, 1.54) is 0 Å². The van der Waals surface area contributed by atoms with E-state index in [2.05, 4.69) is 15.2 Å². The van der Waals surface area contributed by atoms with Gasteiger partial charge in [-0.3, -0.25) is 14.6 Å². The molecule has 2 aromatic rings. The van der Waals surface area contributed by atoms with E-state index in [0.717, 1.165) is 17.8 Å². The van der Waals surface area contributed by atoms with Gasteiger partial charge in [0.2, 0.25) is 0 Å². The molecular weight excluding hydrogens is 296 g/mol. The monoisotopic (exact) mass is 316 g/mol. The van der Waals surface area contributed by atoms with Gasteiger partial charge in [-0.15, -0.1) is 0 Å². The molecule has 1 aromatic carbocycles. The van der Waals surface area contributed by atoms with Crippen LogP contribution in [0.5, 0.6) is 0 Å². The second-order valence-electron chi connectivity index (χ2n) is 5.59. The molecule has 0 aliphatic heterocycles. The summed E-state index contributed by atoms with van der Waals surface area (Å²) in [6.07, 6.45) is 3.81. The SMILES string of the molecule is CN(C)Cc1ccnc(C/C=C(\O)CNc2c(N)c(=O)c2=O)c1. The molecule has 0 unspecified atom stereocenters. The second-order valence-corrected chi connectivity index (χ2v) is 5.59. The number of hydrogen-bond donors (Lipinski definition) is 3. The number of nitrogens with one attached hydrogen (secondary N) is 1. The van der Waals surface area contributed by atoms with Gasteiger partial charge in [0.05, 0.1) is 6.54 Å². The number of aliphatic hydroxyl groups excluding tert-OH is 1. The van der Waals surface area contributed by atoms with E-state index in [4.69, 9.17) is 5.73 Å². The number of hydrogen-bond acceptors (Lipinski definition) is 7. The number of pyridine rings is 1. The van der Waals surface area contributed by atoms with Crippen molar-refractivity contribution in [2.45, 2.75) is 13.0 Å². The van der Waals surface area contributed by atoms with Gasteiger partial charge in [0, 0.05) is 24.9 Å². The molecule has 4 N–H and O–H groups in total. The van der Waals surface area contributed by atoms with Crippen LogP contribution in [0.3, 0.4) is 0 Å². The lowest BCUT2D eigenvalue weighted by Crippen LogP contribution is -2.37. The fourth-order valence-corrected chi connectivity index (χ4v) is 2.16. The van der Waals surface area contributed by atoms with Crippen LogP contribution in [0, 0.1) is 0 Å². The van der Waals surface area contributed by atoms with E-state index >= 15 is 0 Å². The first-order valence-electron chi connectivity index (χ1n) is 7.17. The normalized spacial score (nSPS) is 12.0. The van der Waals surface area contributed by atoms with Crippen LogP contribution in [0.25, 0.3) is 0 Å². The lowest BCUT2D eigenvalue weighted by molar-refractivity contribution is 0.401. The average molecular weight is 316 g/mol. The van der Waals surface area contributed by atoms with Crippen molar-refractivity contribution in [3.63, 3.8) is 0 Å². The lowest BCUT2D eigenvalue weighted by Gasteiger charge is -2.10. The molecule has 0 spiro atoms. The highest BCUT2D eigenvalue weighted by molar-refractivity contribution is 5.71. The maximum atomic E-state index is 11.2. The molecule has 0 aliphatic rings. The van der Waals surface area contributed by atoms with E-state index < -0.39 is 10.9 Å². The zero-order valence-electron chi connectivity index (χ0n) is 13.2. The van der Waals surface area contributed by atoms with E-state index in [9.17, 15) is 14.7 Å². The van der Waals surface area contributed by atoms with E-state index in [1.807, 2.05) is 26.2 Å². The number of nitrogen functional groups attached to an aromatic ring is 1. The Morgan fingerprint density at radius 1 is 1.39 bits per heavy atom. The quantitative estimate of drug-likeness (QED) is 0.501. The molecule has 0 radical (unpaired) electrons. The molecule has 0 saturated heterocycles. The van der Waals surface area contributed by atoms with Gasteiger partial charge in [-0.05, 0) is 37.9 Å². The highest BCUT2D eigenvalue weighted by atomic mass is 16.3. The van der Waals surface area contributed by atoms with Crippen molar-refractivity contribution in [1.29, 1.82) is 0 Å². The van der Waals surface area contributed by atoms with Gasteiger partial charge in [0.15, 0.2) is 0 Å². The largest absolute Gasteiger partial charge is 0.511 e. The summed E-state index contributed by atoms with van der Waals surface area (Å²) < 4.78 is 0. The van der Waals surface area contributed by atoms with Gasteiger partial charge in [-0.25, -0.2) is 0 Å². The van der Waals surface area contributed by atoms with Crippen molar-refractivity contribution < 1.29 is 5.11 Å². The van der Waals surface area contributed by atoms with Gasteiger partial charge >= 0.3 is 0 Å². The highest BCUT2D eigenvalue weighted by Gasteiger charge is 2.17. The summed E-state index contributed by atoms with van der Waals surface area (Å²) >= 11 is 0. The molecule has 0 bridgehead atoms. The van der Waals surface area contributed by atoms with Crippen molar-refractivity contribution >= 4 is 11.4 Å². The highest BCUT2D eigenvalue weighted by Crippen LogP contribution is 2.10. The molecule has 0 amide bonds. The third-order valence-electron chi connectivity index (χ3n) is 3.32. The van der Waals surface area contributed by atoms with Crippen LogP contribution >= 0.6 is 0 Å². The first-order valence-corrected chi connectivity index (χ1v) is 7.17. The van der Waals surface area contributed by atoms with Crippen LogP contribution in [0.15, 0.2) is 39.8 Å². The first kappa shape index (κ1) is 16.7. The molecule has 0 atom stereocenters. The van der Waals surface area contributed by atoms with Crippen LogP contribution in [0.1, 0.15) is 11.3 Å². The lowest BCUT2D eigenvalue weighted by atomic mass is 10.1. The molecular formula is C16H20N4O3. The minimum atomic E-state index is -0.683. The van der Waals surface area contributed by atoms with Crippen molar-refractivity contribution in [2.75, 3.05) is 31.7 Å². The smallest absolute Gasteiger partial charge is 0.253 e. The van der Waals surface area contributed by atoms with Gasteiger partial charge in [-0.2, -0.15) is 0 Å². The third kappa shape index (κ3) is 4.17. The van der Waals surface area contributed by atoms with E-state index in [-0.39, 0.29) is 23.7 Å². The zero-order chi connectivity index (χ0) is 17.0. The summed E-state index contributed by atoms with van der Waals surface area (Å²) in [6.45, 7) is 0.850. The minimum absolute atomic E-state index is 0.0342. The number of aromatic nitrogens is 1. The average Bonchev–Trinajstić information content (AvgIpc) is 2.52. The Labute approximate surface area is 133 Å². The van der Waals surface area contributed by atoms with Crippen LogP contribution in [0.2, 0.25) is 0 Å². The third-order valence-corrected chi connectivity index (χ3v) is 3.32. The van der Waals surface area contributed by atoms with Gasteiger partial charge in [0.25, 0.3) is 10.9 Å². The van der Waals surface area contributed by atoms with Crippen LogP contribution in [0.4, 0.5) is 11.4 Å². The van der Waals surface area contributed by atoms with E-state index in [0.29, 0.717) is 6.42 Å². The maximum absolute atomic E-state index is 11.2. The molecule has 7 nitrogen and oxygen atoms in total. The Morgan fingerprint density at radius 3 is 2.78 bits per heavy atom. The standard InChI is InChI=1S/C16H20N4O3/c1-20(2)9-10-5-6-18-11(7-10)3-4-12(21)8-19-14-13(17)15(22)16(14)23/h4-7,19,21H,3,8-9,17H2,1-2H3/b12-4-. The fraction of sp³-hybridized carbons (Fsp3) is 0.312. The van der Waals surface area contributed by atoms with Crippen LogP contribution < -0.4 is 21.9 Å². The summed E-state index contributed by atoms with van der Waals surface area (Å²) in [5.41, 5.74) is 6.03. The van der Waals surface area contributed by atoms with Crippen molar-refractivity contribution in [2.24, 2.45) is 0 Å². The van der Waals surface area contributed by atoms with E-state index in [1.54, 1.807) is 12.3 Å². The number of rotatable bonds is 7. The number of allylic oxidation sites excluding steroid dienone is 1. The predicted molar refractivity (Wildman–Crippen MR) is 90.3 cm³/mol. The predicted octanol–water partition coefficient (Wildman–Crippen LogP) is 0.418. The zero-order valence-corrected chi connectivity index (χ0v) is 13.2. The maximum Gasteiger partial charge on any atom is 0.253 e. The summed E-state index contributed by atoms with van der Waals surface area (Å²) in [7, 11) is 3.98. The molecule has 122 valence electrons. The first-order chi connectivity index (χ1) is 10.9. The number of nitrogens with zero attached hydrogens (tertiary/aromatic N) is 2. The Morgan fingerprint density at radius 2 is 2.13 bits per heavy atom. The summed E-state index contributed by atoms with van der Waals surface area (Å²) in [6, 6.07) is 3.93. The van der Waals surface area contributed by atoms with Gasteiger partial charge < -0.3 is 21.1 Å². The van der Waals surface area contributed by atoms with Crippen molar-refractivity contribution in [3.8, 4) is 0 Å². The molecule has 0 saturated carbocycles. The topological polar surface area (TPSA) is 109 Å². The molecule has 0 fully saturated rings. The second kappa shape index (κ2) is 7.06. The summed E-state index contributed by atoms with van der Waals surface area (Å²) in [4.78, 5) is 28.5. The summed E-state index contributed by atoms with van der Waals surface area (Å²) in [5, 5.41) is 12.5. The Bertz CT molecular complexity index is 789. The molecule has 0 aliphatic carbocycles. The Kier molecular flexibility index (Phi) is 5.13. The minimum Gasteiger partial charge on any atom is -0.511 e. The van der Waals surface area contributed by atoms with Crippen LogP contribution in [-0.2, 0) is 13.0 Å². The van der Waals surface area contributed by atoms with Crippen LogP contribution in [-0.4, -0.2) is 35.6 Å². The fourth-order valence-electron chi connectivity index (χ4n) is 2.16. The molecule has 1 heterocycles. The Balaban J connectivity index is 1.92. The molecule has 23 heavy (non-hydrogen) atoms. The molecule has 1 aromatic heterocycles. The molecule has 7 heteroatoms. The van der Waals surface area contributed by atoms with Gasteiger partial charge in [-0.1, -0.05) is 0 Å². The van der Waals surface area contributed by atoms with Crippen molar-refractivity contribution in [3.05, 3.63) is 61.9 Å². The number of nitrogens with two attached hydrogens (primary N) is 1. The number of aliphatic hydroxyl groups is 1. The Hall–Kier alpha value is -2.67.